The van der Waals surface area contributed by atoms with Crippen molar-refractivity contribution in [3.8, 4) is 0 Å². The third kappa shape index (κ3) is 6.59. The van der Waals surface area contributed by atoms with E-state index < -0.39 is 0 Å². The van der Waals surface area contributed by atoms with E-state index in [0.29, 0.717) is 0 Å². The van der Waals surface area contributed by atoms with Crippen molar-refractivity contribution in [1.82, 2.24) is 10.2 Å². The fourth-order valence-corrected chi connectivity index (χ4v) is 3.14. The van der Waals surface area contributed by atoms with Crippen LogP contribution in [-0.4, -0.2) is 51.6 Å². The van der Waals surface area contributed by atoms with Crippen molar-refractivity contribution in [1.29, 1.82) is 0 Å². The summed E-state index contributed by atoms with van der Waals surface area (Å²) in [5, 5.41) is 3.53. The highest BCUT2D eigenvalue weighted by molar-refractivity contribution is 14.0. The predicted molar refractivity (Wildman–Crippen MR) is 116 cm³/mol. The number of benzene rings is 1. The lowest BCUT2D eigenvalue weighted by molar-refractivity contribution is 0.389. The minimum absolute atomic E-state index is 0. The lowest BCUT2D eigenvalue weighted by Crippen LogP contribution is -2.40. The van der Waals surface area contributed by atoms with Gasteiger partial charge in [0, 0.05) is 25.8 Å². The van der Waals surface area contributed by atoms with E-state index in [1.165, 1.54) is 49.9 Å². The molecule has 0 bridgehead atoms. The second-order valence-corrected chi connectivity index (χ2v) is 6.58. The molecule has 0 saturated heterocycles. The van der Waals surface area contributed by atoms with Gasteiger partial charge in [0.15, 0.2) is 5.96 Å². The Balaban J connectivity index is 0.00000288. The number of fused-ring (bicyclic) bond motifs is 1. The van der Waals surface area contributed by atoms with Crippen LogP contribution in [0.15, 0.2) is 29.3 Å². The van der Waals surface area contributed by atoms with Crippen molar-refractivity contribution in [2.75, 3.05) is 45.7 Å². The first kappa shape index (κ1) is 21.2. The predicted octanol–water partition coefficient (Wildman–Crippen LogP) is 3.75. The first-order chi connectivity index (χ1) is 11.2. The van der Waals surface area contributed by atoms with Gasteiger partial charge in [-0.25, -0.2) is 0 Å². The molecule has 4 nitrogen and oxygen atoms in total. The molecule has 0 saturated carbocycles. The molecule has 1 aliphatic rings. The zero-order valence-electron chi connectivity index (χ0n) is 15.4. The standard InChI is InChI=1S/C19H32N4.HI/c1-20-19(21-14-9-5-4-6-10-15-22(2)3)23-16-13-17-11-7-8-12-18(17)23;/h7-8,11-12H,4-6,9-10,13-16H2,1-3H3,(H,20,21);1H. The zero-order valence-corrected chi connectivity index (χ0v) is 17.8. The fourth-order valence-electron chi connectivity index (χ4n) is 3.14. The number of guanidine groups is 1. The number of hydrogen-bond acceptors (Lipinski definition) is 2. The Morgan fingerprint density at radius 2 is 1.83 bits per heavy atom. The Morgan fingerprint density at radius 1 is 1.12 bits per heavy atom. The molecule has 24 heavy (non-hydrogen) atoms. The summed E-state index contributed by atoms with van der Waals surface area (Å²) < 4.78 is 0. The molecule has 0 fully saturated rings. The largest absolute Gasteiger partial charge is 0.356 e. The van der Waals surface area contributed by atoms with E-state index in [-0.39, 0.29) is 24.0 Å². The topological polar surface area (TPSA) is 30.9 Å². The molecule has 136 valence electrons. The molecule has 2 rings (SSSR count). The van der Waals surface area contributed by atoms with Crippen LogP contribution in [0.2, 0.25) is 0 Å². The summed E-state index contributed by atoms with van der Waals surface area (Å²) in [6.07, 6.45) is 7.62. The molecular formula is C19H33IN4. The molecule has 0 atom stereocenters. The number of rotatable bonds is 8. The van der Waals surface area contributed by atoms with Gasteiger partial charge in [-0.1, -0.05) is 37.5 Å². The monoisotopic (exact) mass is 444 g/mol. The highest BCUT2D eigenvalue weighted by atomic mass is 127. The Labute approximate surface area is 164 Å². The third-order valence-corrected chi connectivity index (χ3v) is 4.42. The Kier molecular flexibility index (Phi) is 10.3. The Bertz CT molecular complexity index is 502. The van der Waals surface area contributed by atoms with Gasteiger partial charge in [-0.15, -0.1) is 24.0 Å². The summed E-state index contributed by atoms with van der Waals surface area (Å²) in [5.41, 5.74) is 2.74. The van der Waals surface area contributed by atoms with Gasteiger partial charge in [0.1, 0.15) is 0 Å². The van der Waals surface area contributed by atoms with Gasteiger partial charge < -0.3 is 15.1 Å². The van der Waals surface area contributed by atoms with E-state index in [0.717, 1.165) is 25.5 Å². The number of aliphatic imine (C=N–C) groups is 1. The summed E-state index contributed by atoms with van der Waals surface area (Å²) in [7, 11) is 6.17. The Morgan fingerprint density at radius 3 is 2.58 bits per heavy atom. The molecule has 0 aromatic heterocycles. The van der Waals surface area contributed by atoms with Crippen molar-refractivity contribution in [3.63, 3.8) is 0 Å². The van der Waals surface area contributed by atoms with Crippen LogP contribution in [-0.2, 0) is 6.42 Å². The summed E-state index contributed by atoms with van der Waals surface area (Å²) in [4.78, 5) is 9.04. The van der Waals surface area contributed by atoms with Gasteiger partial charge >= 0.3 is 0 Å². The van der Waals surface area contributed by atoms with E-state index in [9.17, 15) is 0 Å². The number of nitrogens with one attached hydrogen (secondary N) is 1. The molecule has 1 heterocycles. The van der Waals surface area contributed by atoms with E-state index >= 15 is 0 Å². The maximum absolute atomic E-state index is 4.46. The van der Waals surface area contributed by atoms with Gasteiger partial charge in [-0.3, -0.25) is 4.99 Å². The maximum atomic E-state index is 4.46. The lowest BCUT2D eigenvalue weighted by Gasteiger charge is -2.22. The van der Waals surface area contributed by atoms with Crippen LogP contribution in [0.5, 0.6) is 0 Å². The SMILES string of the molecule is CN=C(NCCCCCCCN(C)C)N1CCc2ccccc21.I. The van der Waals surface area contributed by atoms with Gasteiger partial charge in [0.2, 0.25) is 0 Å². The van der Waals surface area contributed by atoms with E-state index in [4.69, 9.17) is 0 Å². The average molecular weight is 444 g/mol. The molecule has 5 heteroatoms. The first-order valence-corrected chi connectivity index (χ1v) is 8.93. The zero-order chi connectivity index (χ0) is 16.5. The molecule has 1 aromatic rings. The van der Waals surface area contributed by atoms with E-state index in [2.05, 4.69) is 58.5 Å². The first-order valence-electron chi connectivity index (χ1n) is 8.93. The van der Waals surface area contributed by atoms with Crippen molar-refractivity contribution < 1.29 is 0 Å². The molecule has 0 unspecified atom stereocenters. The molecule has 1 aliphatic heterocycles. The van der Waals surface area contributed by atoms with E-state index in [1.54, 1.807) is 0 Å². The maximum Gasteiger partial charge on any atom is 0.198 e. The number of anilines is 1. The van der Waals surface area contributed by atoms with Crippen molar-refractivity contribution in [2.45, 2.75) is 38.5 Å². The van der Waals surface area contributed by atoms with Gasteiger partial charge in [-0.2, -0.15) is 0 Å². The minimum Gasteiger partial charge on any atom is -0.356 e. The second-order valence-electron chi connectivity index (χ2n) is 6.58. The molecule has 0 aliphatic carbocycles. The van der Waals surface area contributed by atoms with Crippen molar-refractivity contribution in [2.24, 2.45) is 4.99 Å². The van der Waals surface area contributed by atoms with Gasteiger partial charge in [0.05, 0.1) is 0 Å². The van der Waals surface area contributed by atoms with E-state index in [1.807, 2.05) is 7.05 Å². The highest BCUT2D eigenvalue weighted by Crippen LogP contribution is 2.27. The molecule has 0 amide bonds. The quantitative estimate of drug-likeness (QED) is 0.287. The number of hydrogen-bond donors (Lipinski definition) is 1. The second kappa shape index (κ2) is 11.7. The summed E-state index contributed by atoms with van der Waals surface area (Å²) in [5.74, 6) is 1.02. The minimum atomic E-state index is 0. The van der Waals surface area contributed by atoms with Crippen LogP contribution < -0.4 is 10.2 Å². The van der Waals surface area contributed by atoms with Crippen LogP contribution in [0.1, 0.15) is 37.7 Å². The smallest absolute Gasteiger partial charge is 0.198 e. The lowest BCUT2D eigenvalue weighted by atomic mass is 10.1. The Hall–Kier alpha value is -0.820. The molecule has 0 radical (unpaired) electrons. The molecule has 0 spiro atoms. The molecule has 1 N–H and O–H groups in total. The molecular weight excluding hydrogens is 411 g/mol. The normalized spacial score (nSPS) is 13.8. The number of para-hydroxylation sites is 1. The summed E-state index contributed by atoms with van der Waals surface area (Å²) >= 11 is 0. The average Bonchev–Trinajstić information content (AvgIpc) is 2.97. The third-order valence-electron chi connectivity index (χ3n) is 4.42. The molecule has 1 aromatic carbocycles. The van der Waals surface area contributed by atoms with Crippen molar-refractivity contribution in [3.05, 3.63) is 29.8 Å². The summed E-state index contributed by atoms with van der Waals surface area (Å²) in [6.45, 7) is 3.25. The van der Waals surface area contributed by atoms with Crippen LogP contribution in [0.4, 0.5) is 5.69 Å². The van der Waals surface area contributed by atoms with Crippen LogP contribution in [0, 0.1) is 0 Å². The van der Waals surface area contributed by atoms with Crippen molar-refractivity contribution >= 4 is 35.6 Å². The number of halogens is 1. The van der Waals surface area contributed by atoms with Gasteiger partial charge in [-0.05, 0) is 51.5 Å². The van der Waals surface area contributed by atoms with Gasteiger partial charge in [0.25, 0.3) is 0 Å². The fraction of sp³-hybridized carbons (Fsp3) is 0.632. The van der Waals surface area contributed by atoms with Crippen LogP contribution in [0.3, 0.4) is 0 Å². The number of unbranched alkanes of at least 4 members (excludes halogenated alkanes) is 4. The van der Waals surface area contributed by atoms with Crippen LogP contribution in [0.25, 0.3) is 0 Å². The summed E-state index contributed by atoms with van der Waals surface area (Å²) in [6, 6.07) is 8.64. The number of nitrogens with zero attached hydrogens (tertiary/aromatic N) is 3. The van der Waals surface area contributed by atoms with Crippen LogP contribution >= 0.6 is 24.0 Å². The highest BCUT2D eigenvalue weighted by Gasteiger charge is 2.21.